The summed E-state index contributed by atoms with van der Waals surface area (Å²) in [5.74, 6) is -2.49. The lowest BCUT2D eigenvalue weighted by molar-refractivity contribution is -0.114. The van der Waals surface area contributed by atoms with Crippen LogP contribution in [0.5, 0.6) is 0 Å². The third-order valence-corrected chi connectivity index (χ3v) is 8.13. The van der Waals surface area contributed by atoms with E-state index < -0.39 is 17.8 Å². The van der Waals surface area contributed by atoms with Crippen LogP contribution in [0.4, 0.5) is 11.4 Å². The normalized spacial score (nSPS) is 11.0. The van der Waals surface area contributed by atoms with Crippen LogP contribution < -0.4 is 16.0 Å². The molecular formula is C37H28ClN3O5S. The van der Waals surface area contributed by atoms with Crippen molar-refractivity contribution < 1.29 is 24.3 Å². The lowest BCUT2D eigenvalue weighted by Gasteiger charge is -2.12. The van der Waals surface area contributed by atoms with Crippen LogP contribution >= 0.6 is 23.4 Å². The van der Waals surface area contributed by atoms with E-state index in [0.717, 1.165) is 11.1 Å². The second-order valence-electron chi connectivity index (χ2n) is 10.2. The minimum Gasteiger partial charge on any atom is -0.478 e. The zero-order valence-electron chi connectivity index (χ0n) is 24.8. The lowest BCUT2D eigenvalue weighted by atomic mass is 10.0. The molecular weight excluding hydrogens is 634 g/mol. The fourth-order valence-corrected chi connectivity index (χ4v) is 5.38. The molecule has 10 heteroatoms. The van der Waals surface area contributed by atoms with Crippen LogP contribution in [0.25, 0.3) is 17.2 Å². The van der Waals surface area contributed by atoms with Crippen molar-refractivity contribution in [1.29, 1.82) is 0 Å². The molecule has 0 aromatic heterocycles. The van der Waals surface area contributed by atoms with E-state index in [1.165, 1.54) is 30.0 Å². The van der Waals surface area contributed by atoms with Gasteiger partial charge < -0.3 is 21.1 Å². The molecule has 0 heterocycles. The Bertz CT molecular complexity index is 1950. The summed E-state index contributed by atoms with van der Waals surface area (Å²) < 4.78 is 0. The van der Waals surface area contributed by atoms with E-state index in [-0.39, 0.29) is 33.6 Å². The smallest absolute Gasteiger partial charge is 0.335 e. The van der Waals surface area contributed by atoms with Gasteiger partial charge in [0.15, 0.2) is 0 Å². The Kier molecular flexibility index (Phi) is 10.9. The van der Waals surface area contributed by atoms with Crippen molar-refractivity contribution in [3.8, 4) is 11.1 Å². The van der Waals surface area contributed by atoms with Gasteiger partial charge in [-0.1, -0.05) is 90.5 Å². The van der Waals surface area contributed by atoms with Crippen LogP contribution in [-0.2, 0) is 9.59 Å². The van der Waals surface area contributed by atoms with Crippen molar-refractivity contribution in [2.24, 2.45) is 0 Å². The molecule has 0 spiro atoms. The first-order valence-corrected chi connectivity index (χ1v) is 15.7. The average molecular weight is 662 g/mol. The fourth-order valence-electron chi connectivity index (χ4n) is 4.46. The molecule has 0 saturated carbocycles. The standard InChI is InChI=1S/C37H28ClN3O5S/c38-31-19-18-28(37(45)46)21-32(31)40-34(42)23-47-30-13-7-12-29(22-30)39-36(44)33(41-35(43)27-10-5-2-6-11-27)20-24-14-16-26(17-15-24)25-8-3-1-4-9-25/h1-22H,23H2,(H,39,44)(H,40,42)(H,41,43)(H,45,46)/b33-20+. The number of aromatic carboxylic acids is 1. The molecule has 0 radical (unpaired) electrons. The highest BCUT2D eigenvalue weighted by Crippen LogP contribution is 2.26. The van der Waals surface area contributed by atoms with Crippen LogP contribution in [0.15, 0.2) is 138 Å². The number of benzene rings is 5. The van der Waals surface area contributed by atoms with Gasteiger partial charge in [0, 0.05) is 16.1 Å². The van der Waals surface area contributed by atoms with Crippen LogP contribution in [0.3, 0.4) is 0 Å². The number of halogens is 1. The van der Waals surface area contributed by atoms with Gasteiger partial charge in [-0.3, -0.25) is 14.4 Å². The van der Waals surface area contributed by atoms with E-state index in [1.807, 2.05) is 54.6 Å². The topological polar surface area (TPSA) is 125 Å². The number of hydrogen-bond donors (Lipinski definition) is 4. The van der Waals surface area contributed by atoms with Gasteiger partial charge in [0.1, 0.15) is 5.70 Å². The lowest BCUT2D eigenvalue weighted by Crippen LogP contribution is -2.30. The second-order valence-corrected chi connectivity index (χ2v) is 11.6. The maximum absolute atomic E-state index is 13.5. The molecule has 234 valence electrons. The molecule has 0 bridgehead atoms. The van der Waals surface area contributed by atoms with Gasteiger partial charge in [0.2, 0.25) is 5.91 Å². The predicted molar refractivity (Wildman–Crippen MR) is 187 cm³/mol. The maximum Gasteiger partial charge on any atom is 0.335 e. The zero-order valence-corrected chi connectivity index (χ0v) is 26.3. The molecule has 0 unspecified atom stereocenters. The molecule has 3 amide bonds. The van der Waals surface area contributed by atoms with Crippen molar-refractivity contribution in [3.63, 3.8) is 0 Å². The van der Waals surface area contributed by atoms with Crippen molar-refractivity contribution in [1.82, 2.24) is 5.32 Å². The van der Waals surface area contributed by atoms with Crippen LogP contribution in [-0.4, -0.2) is 34.6 Å². The van der Waals surface area contributed by atoms with Crippen LogP contribution in [0.2, 0.25) is 5.02 Å². The number of rotatable bonds is 11. The van der Waals surface area contributed by atoms with E-state index in [2.05, 4.69) is 16.0 Å². The molecule has 0 aliphatic carbocycles. The Labute approximate surface area is 280 Å². The van der Waals surface area contributed by atoms with Gasteiger partial charge in [-0.2, -0.15) is 0 Å². The van der Waals surface area contributed by atoms with Crippen molar-refractivity contribution >= 4 is 64.5 Å². The number of carboxylic acids is 1. The fraction of sp³-hybridized carbons (Fsp3) is 0.0270. The summed E-state index contributed by atoms with van der Waals surface area (Å²) >= 11 is 7.34. The number of anilines is 2. The minimum atomic E-state index is -1.14. The van der Waals surface area contributed by atoms with Crippen molar-refractivity contribution in [3.05, 3.63) is 155 Å². The third-order valence-electron chi connectivity index (χ3n) is 6.81. The Hall–Kier alpha value is -5.64. The number of amides is 3. The maximum atomic E-state index is 13.5. The molecule has 5 aromatic rings. The molecule has 0 atom stereocenters. The van der Waals surface area contributed by atoms with E-state index >= 15 is 0 Å². The molecule has 0 fully saturated rings. The molecule has 4 N–H and O–H groups in total. The van der Waals surface area contributed by atoms with E-state index in [4.69, 9.17) is 11.6 Å². The number of carboxylic acid groups (broad SMARTS) is 1. The number of carbonyl (C=O) groups excluding carboxylic acids is 3. The third kappa shape index (κ3) is 9.20. The number of carbonyl (C=O) groups is 4. The number of hydrogen-bond acceptors (Lipinski definition) is 5. The summed E-state index contributed by atoms with van der Waals surface area (Å²) in [7, 11) is 0. The Balaban J connectivity index is 1.29. The van der Waals surface area contributed by atoms with Gasteiger partial charge >= 0.3 is 5.97 Å². The molecule has 8 nitrogen and oxygen atoms in total. The molecule has 47 heavy (non-hydrogen) atoms. The highest BCUT2D eigenvalue weighted by Gasteiger charge is 2.16. The van der Waals surface area contributed by atoms with Crippen LogP contribution in [0, 0.1) is 0 Å². The zero-order chi connectivity index (χ0) is 33.2. The molecule has 0 aliphatic heterocycles. The summed E-state index contributed by atoms with van der Waals surface area (Å²) in [6, 6.07) is 37.1. The quantitative estimate of drug-likeness (QED) is 0.0844. The highest BCUT2D eigenvalue weighted by molar-refractivity contribution is 8.00. The van der Waals surface area contributed by atoms with Gasteiger partial charge in [-0.15, -0.1) is 11.8 Å². The molecule has 5 rings (SSSR count). The Morgan fingerprint density at radius 1 is 0.702 bits per heavy atom. The minimum absolute atomic E-state index is 0.00151. The summed E-state index contributed by atoms with van der Waals surface area (Å²) in [4.78, 5) is 51.2. The van der Waals surface area contributed by atoms with Gasteiger partial charge in [-0.25, -0.2) is 4.79 Å². The van der Waals surface area contributed by atoms with E-state index in [1.54, 1.807) is 60.7 Å². The van der Waals surface area contributed by atoms with Crippen molar-refractivity contribution in [2.45, 2.75) is 4.90 Å². The first-order chi connectivity index (χ1) is 22.7. The average Bonchev–Trinajstić information content (AvgIpc) is 3.09. The van der Waals surface area contributed by atoms with Crippen molar-refractivity contribution in [2.75, 3.05) is 16.4 Å². The summed E-state index contributed by atoms with van der Waals surface area (Å²) in [5.41, 5.74) is 3.89. The number of nitrogens with one attached hydrogen (secondary N) is 3. The summed E-state index contributed by atoms with van der Waals surface area (Å²) in [6.07, 6.45) is 1.61. The second kappa shape index (κ2) is 15.6. The van der Waals surface area contributed by atoms with Crippen LogP contribution in [0.1, 0.15) is 26.3 Å². The molecule has 0 saturated heterocycles. The largest absolute Gasteiger partial charge is 0.478 e. The Morgan fingerprint density at radius 2 is 1.38 bits per heavy atom. The SMILES string of the molecule is O=C(CSc1cccc(NC(=O)/C(=C\c2ccc(-c3ccccc3)cc2)NC(=O)c2ccccc2)c1)Nc1cc(C(=O)O)ccc1Cl. The highest BCUT2D eigenvalue weighted by atomic mass is 35.5. The monoisotopic (exact) mass is 661 g/mol. The van der Waals surface area contributed by atoms with E-state index in [9.17, 15) is 24.3 Å². The summed E-state index contributed by atoms with van der Waals surface area (Å²) in [6.45, 7) is 0. The Morgan fingerprint density at radius 3 is 2.09 bits per heavy atom. The van der Waals surface area contributed by atoms with Gasteiger partial charge in [0.25, 0.3) is 11.8 Å². The van der Waals surface area contributed by atoms with E-state index in [0.29, 0.717) is 21.7 Å². The first-order valence-electron chi connectivity index (χ1n) is 14.4. The van der Waals surface area contributed by atoms with Gasteiger partial charge in [-0.05, 0) is 71.3 Å². The predicted octanol–water partition coefficient (Wildman–Crippen LogP) is 7.85. The molecule has 0 aliphatic rings. The number of thioether (sulfide) groups is 1. The molecule has 5 aromatic carbocycles. The first kappa shape index (κ1) is 32.7. The van der Waals surface area contributed by atoms with Gasteiger partial charge in [0.05, 0.1) is 22.0 Å². The summed E-state index contributed by atoms with van der Waals surface area (Å²) in [5, 5.41) is 17.6.